The van der Waals surface area contributed by atoms with E-state index in [2.05, 4.69) is 32.2 Å². The number of urea groups is 1. The molecule has 0 aliphatic heterocycles. The fourth-order valence-electron chi connectivity index (χ4n) is 2.11. The molecule has 0 saturated carbocycles. The van der Waals surface area contributed by atoms with Gasteiger partial charge in [-0.3, -0.25) is 9.97 Å². The SMILES string of the molecule is C=CCNC(=O)Nc1cncc2ncc(-c3ccccc3)nc12. The Labute approximate surface area is 133 Å². The molecule has 3 rings (SSSR count). The Morgan fingerprint density at radius 2 is 2.00 bits per heavy atom. The van der Waals surface area contributed by atoms with Gasteiger partial charge in [-0.1, -0.05) is 36.4 Å². The molecule has 6 heteroatoms. The number of hydrogen-bond donors (Lipinski definition) is 2. The summed E-state index contributed by atoms with van der Waals surface area (Å²) in [6, 6.07) is 9.40. The Hall–Kier alpha value is -3.28. The molecule has 0 fully saturated rings. The van der Waals surface area contributed by atoms with Crippen LogP contribution in [-0.4, -0.2) is 27.5 Å². The lowest BCUT2D eigenvalue weighted by Crippen LogP contribution is -2.28. The van der Waals surface area contributed by atoms with E-state index in [1.54, 1.807) is 24.7 Å². The molecule has 0 aliphatic carbocycles. The number of anilines is 1. The van der Waals surface area contributed by atoms with Crippen LogP contribution in [0.15, 0.2) is 61.6 Å². The molecule has 2 aromatic heterocycles. The molecule has 0 aliphatic rings. The largest absolute Gasteiger partial charge is 0.334 e. The molecule has 0 saturated heterocycles. The van der Waals surface area contributed by atoms with Gasteiger partial charge in [-0.25, -0.2) is 9.78 Å². The fourth-order valence-corrected chi connectivity index (χ4v) is 2.11. The number of nitrogens with zero attached hydrogens (tertiary/aromatic N) is 3. The van der Waals surface area contributed by atoms with Gasteiger partial charge >= 0.3 is 6.03 Å². The van der Waals surface area contributed by atoms with E-state index in [9.17, 15) is 4.79 Å². The van der Waals surface area contributed by atoms with Crippen molar-refractivity contribution in [1.82, 2.24) is 20.3 Å². The molecule has 3 aromatic rings. The van der Waals surface area contributed by atoms with Crippen molar-refractivity contribution in [2.24, 2.45) is 0 Å². The van der Waals surface area contributed by atoms with Gasteiger partial charge in [0.05, 0.1) is 30.0 Å². The molecule has 2 heterocycles. The van der Waals surface area contributed by atoms with Crippen molar-refractivity contribution in [3.05, 3.63) is 61.6 Å². The van der Waals surface area contributed by atoms with Crippen LogP contribution in [-0.2, 0) is 0 Å². The maximum absolute atomic E-state index is 11.8. The smallest absolute Gasteiger partial charge is 0.319 e. The second kappa shape index (κ2) is 6.65. The van der Waals surface area contributed by atoms with Crippen molar-refractivity contribution in [1.29, 1.82) is 0 Å². The topological polar surface area (TPSA) is 79.8 Å². The third-order valence-corrected chi connectivity index (χ3v) is 3.18. The lowest BCUT2D eigenvalue weighted by molar-refractivity contribution is 0.253. The minimum Gasteiger partial charge on any atom is -0.334 e. The van der Waals surface area contributed by atoms with E-state index in [1.807, 2.05) is 30.3 Å². The van der Waals surface area contributed by atoms with Crippen LogP contribution >= 0.6 is 0 Å². The van der Waals surface area contributed by atoms with E-state index >= 15 is 0 Å². The summed E-state index contributed by atoms with van der Waals surface area (Å²) < 4.78 is 0. The first-order valence-electron chi connectivity index (χ1n) is 7.10. The number of fused-ring (bicyclic) bond motifs is 1. The number of carbonyl (C=O) groups excluding carboxylic acids is 1. The first kappa shape index (κ1) is 14.6. The lowest BCUT2D eigenvalue weighted by Gasteiger charge is -2.09. The summed E-state index contributed by atoms with van der Waals surface area (Å²) in [5.41, 5.74) is 3.41. The molecule has 0 radical (unpaired) electrons. The van der Waals surface area contributed by atoms with Crippen LogP contribution in [0.2, 0.25) is 0 Å². The molecular weight excluding hydrogens is 290 g/mol. The molecule has 0 spiro atoms. The standard InChI is InChI=1S/C17H15N5O/c1-2-8-19-17(23)22-15-10-18-9-14-16(15)21-13(11-20-14)12-6-4-3-5-7-12/h2-7,9-11H,1,8H2,(H2,19,22,23). The van der Waals surface area contributed by atoms with E-state index in [0.717, 1.165) is 11.3 Å². The number of nitrogens with one attached hydrogen (secondary N) is 2. The molecule has 0 bridgehead atoms. The highest BCUT2D eigenvalue weighted by Gasteiger charge is 2.09. The summed E-state index contributed by atoms with van der Waals surface area (Å²) in [5.74, 6) is 0. The van der Waals surface area contributed by atoms with Gasteiger partial charge < -0.3 is 10.6 Å². The lowest BCUT2D eigenvalue weighted by atomic mass is 10.1. The van der Waals surface area contributed by atoms with E-state index < -0.39 is 0 Å². The highest BCUT2D eigenvalue weighted by molar-refractivity contribution is 5.98. The van der Waals surface area contributed by atoms with Crippen LogP contribution in [0.5, 0.6) is 0 Å². The molecule has 0 atom stereocenters. The highest BCUT2D eigenvalue weighted by Crippen LogP contribution is 2.23. The van der Waals surface area contributed by atoms with Gasteiger partial charge in [-0.15, -0.1) is 6.58 Å². The number of aromatic nitrogens is 3. The molecule has 1 aromatic carbocycles. The Morgan fingerprint density at radius 3 is 2.78 bits per heavy atom. The Bertz CT molecular complexity index is 848. The average molecular weight is 305 g/mol. The van der Waals surface area contributed by atoms with Gasteiger partial charge in [0.2, 0.25) is 0 Å². The maximum atomic E-state index is 11.8. The van der Waals surface area contributed by atoms with Crippen molar-refractivity contribution in [3.8, 4) is 11.3 Å². The minimum absolute atomic E-state index is 0.342. The summed E-state index contributed by atoms with van der Waals surface area (Å²) in [6.45, 7) is 3.94. The fraction of sp³-hybridized carbons (Fsp3) is 0.0588. The van der Waals surface area contributed by atoms with E-state index in [-0.39, 0.29) is 6.03 Å². The number of amides is 2. The van der Waals surface area contributed by atoms with Gasteiger partial charge in [0.25, 0.3) is 0 Å². The molecule has 0 unspecified atom stereocenters. The number of rotatable bonds is 4. The van der Waals surface area contributed by atoms with Crippen molar-refractivity contribution < 1.29 is 4.79 Å². The normalized spacial score (nSPS) is 10.3. The first-order valence-corrected chi connectivity index (χ1v) is 7.10. The zero-order valence-electron chi connectivity index (χ0n) is 12.4. The predicted molar refractivity (Wildman–Crippen MR) is 90.0 cm³/mol. The molecule has 114 valence electrons. The van der Waals surface area contributed by atoms with Crippen LogP contribution < -0.4 is 10.6 Å². The number of carbonyl (C=O) groups is 1. The van der Waals surface area contributed by atoms with Crippen LogP contribution in [0.4, 0.5) is 10.5 Å². The van der Waals surface area contributed by atoms with Crippen molar-refractivity contribution in [2.45, 2.75) is 0 Å². The summed E-state index contributed by atoms with van der Waals surface area (Å²) >= 11 is 0. The van der Waals surface area contributed by atoms with Gasteiger partial charge in [0, 0.05) is 12.1 Å². The predicted octanol–water partition coefficient (Wildman–Crippen LogP) is 3.00. The zero-order chi connectivity index (χ0) is 16.1. The van der Waals surface area contributed by atoms with Crippen molar-refractivity contribution in [3.63, 3.8) is 0 Å². The summed E-state index contributed by atoms with van der Waals surface area (Å²) in [7, 11) is 0. The quantitative estimate of drug-likeness (QED) is 0.726. The van der Waals surface area contributed by atoms with Crippen LogP contribution in [0.3, 0.4) is 0 Å². The summed E-state index contributed by atoms with van der Waals surface area (Å²) in [5, 5.41) is 5.38. The number of hydrogen-bond acceptors (Lipinski definition) is 4. The van der Waals surface area contributed by atoms with E-state index in [4.69, 9.17) is 0 Å². The Balaban J connectivity index is 1.98. The van der Waals surface area contributed by atoms with Crippen LogP contribution in [0.25, 0.3) is 22.3 Å². The Kier molecular flexibility index (Phi) is 4.24. The van der Waals surface area contributed by atoms with Gasteiger partial charge in [0.1, 0.15) is 11.0 Å². The van der Waals surface area contributed by atoms with Crippen LogP contribution in [0.1, 0.15) is 0 Å². The first-order chi connectivity index (χ1) is 11.3. The third kappa shape index (κ3) is 3.32. The van der Waals surface area contributed by atoms with Gasteiger partial charge in [0.15, 0.2) is 0 Å². The van der Waals surface area contributed by atoms with Crippen molar-refractivity contribution in [2.75, 3.05) is 11.9 Å². The van der Waals surface area contributed by atoms with Crippen LogP contribution in [0, 0.1) is 0 Å². The molecule has 6 nitrogen and oxygen atoms in total. The van der Waals surface area contributed by atoms with E-state index in [1.165, 1.54) is 0 Å². The highest BCUT2D eigenvalue weighted by atomic mass is 16.2. The second-order valence-electron chi connectivity index (χ2n) is 4.80. The van der Waals surface area contributed by atoms with Crippen molar-refractivity contribution >= 4 is 22.8 Å². The molecule has 2 amide bonds. The Morgan fingerprint density at radius 1 is 1.17 bits per heavy atom. The number of benzene rings is 1. The molecular formula is C17H15N5O. The third-order valence-electron chi connectivity index (χ3n) is 3.18. The number of pyridine rings is 1. The minimum atomic E-state index is -0.342. The molecule has 23 heavy (non-hydrogen) atoms. The average Bonchev–Trinajstić information content (AvgIpc) is 2.60. The van der Waals surface area contributed by atoms with Gasteiger partial charge in [-0.2, -0.15) is 0 Å². The maximum Gasteiger partial charge on any atom is 0.319 e. The monoisotopic (exact) mass is 305 g/mol. The zero-order valence-corrected chi connectivity index (χ0v) is 12.4. The molecule has 2 N–H and O–H groups in total. The summed E-state index contributed by atoms with van der Waals surface area (Å²) in [4.78, 5) is 24.9. The summed E-state index contributed by atoms with van der Waals surface area (Å²) in [6.07, 6.45) is 6.47. The van der Waals surface area contributed by atoms with Gasteiger partial charge in [-0.05, 0) is 0 Å². The second-order valence-corrected chi connectivity index (χ2v) is 4.80. The van der Waals surface area contributed by atoms with E-state index in [0.29, 0.717) is 23.3 Å².